The molecule has 0 aliphatic rings. The Morgan fingerprint density at radius 2 is 1.75 bits per heavy atom. The van der Waals surface area contributed by atoms with E-state index in [1.165, 1.54) is 37.4 Å². The normalized spacial score (nSPS) is 12.0. The number of hydrogen-bond acceptors (Lipinski definition) is 4. The molecule has 0 unspecified atom stereocenters. The fraction of sp³-hybridized carbons (Fsp3) is 0.167. The van der Waals surface area contributed by atoms with Crippen molar-refractivity contribution < 1.29 is 26.3 Å². The average Bonchev–Trinajstić information content (AvgIpc) is 3.06. The highest BCUT2D eigenvalue weighted by Gasteiger charge is 2.35. The molecule has 1 heterocycles. The summed E-state index contributed by atoms with van der Waals surface area (Å²) in [6, 6.07) is 12.8. The second-order valence-corrected chi connectivity index (χ2v) is 7.58. The largest absolute Gasteiger partial charge is 0.496 e. The third-order valence-electron chi connectivity index (χ3n) is 3.95. The topological polar surface area (TPSA) is 73.2 Å². The van der Waals surface area contributed by atoms with Gasteiger partial charge in [-0.1, -0.05) is 18.2 Å². The molecule has 0 bridgehead atoms. The van der Waals surface area contributed by atoms with Crippen LogP contribution in [0.25, 0.3) is 11.3 Å². The second kappa shape index (κ2) is 7.19. The number of nitrogens with zero attached hydrogens (tertiary/aromatic N) is 2. The predicted molar refractivity (Wildman–Crippen MR) is 96.9 cm³/mol. The number of aromatic nitrogens is 2. The van der Waals surface area contributed by atoms with Crippen LogP contribution in [-0.4, -0.2) is 25.4 Å². The van der Waals surface area contributed by atoms with Gasteiger partial charge in [-0.2, -0.15) is 31.2 Å². The second-order valence-electron chi connectivity index (χ2n) is 5.92. The highest BCUT2D eigenvalue weighted by Crippen LogP contribution is 2.33. The number of methoxy groups -OCH3 is 1. The summed E-state index contributed by atoms with van der Waals surface area (Å²) in [5, 5.41) is 3.41. The van der Waals surface area contributed by atoms with Crippen molar-refractivity contribution in [1.82, 2.24) is 9.89 Å². The maximum atomic E-state index is 13.2. The van der Waals surface area contributed by atoms with Crippen molar-refractivity contribution in [3.05, 3.63) is 65.9 Å². The van der Waals surface area contributed by atoms with E-state index in [-0.39, 0.29) is 10.6 Å². The molecule has 0 atom stereocenters. The minimum absolute atomic E-state index is 0.0578. The van der Waals surface area contributed by atoms with E-state index in [4.69, 9.17) is 4.74 Å². The van der Waals surface area contributed by atoms with Crippen molar-refractivity contribution in [3.8, 4) is 17.0 Å². The molecule has 0 aliphatic carbocycles. The van der Waals surface area contributed by atoms with Crippen molar-refractivity contribution >= 4 is 10.0 Å². The van der Waals surface area contributed by atoms with Gasteiger partial charge >= 0.3 is 6.18 Å². The molecule has 148 valence electrons. The molecule has 1 aromatic heterocycles. The summed E-state index contributed by atoms with van der Waals surface area (Å²) in [5.41, 5.74) is -0.256. The number of nitrogens with one attached hydrogen (secondary N) is 1. The van der Waals surface area contributed by atoms with Gasteiger partial charge in [0.15, 0.2) is 5.69 Å². The molecule has 0 saturated heterocycles. The van der Waals surface area contributed by atoms with Crippen molar-refractivity contribution in [2.75, 3.05) is 11.9 Å². The first kappa shape index (κ1) is 19.7. The molecule has 3 aromatic rings. The smallest absolute Gasteiger partial charge is 0.435 e. The van der Waals surface area contributed by atoms with Gasteiger partial charge in [-0.15, -0.1) is 5.10 Å². The quantitative estimate of drug-likeness (QED) is 0.693. The van der Waals surface area contributed by atoms with Crippen molar-refractivity contribution in [3.63, 3.8) is 0 Å². The zero-order valence-corrected chi connectivity index (χ0v) is 15.7. The molecule has 0 spiro atoms. The summed E-state index contributed by atoms with van der Waals surface area (Å²) in [6.07, 6.45) is -4.74. The summed E-state index contributed by atoms with van der Waals surface area (Å²) < 4.78 is 69.8. The first-order chi connectivity index (χ1) is 13.1. The SMILES string of the molecule is COc1ccc(-c2cc(C(F)(F)F)nn2NS(=O)(=O)c2ccccc2)cc1C. The molecule has 6 nitrogen and oxygen atoms in total. The van der Waals surface area contributed by atoms with Crippen molar-refractivity contribution in [1.29, 1.82) is 0 Å². The summed E-state index contributed by atoms with van der Waals surface area (Å²) in [4.78, 5) is 2.61. The molecule has 2 aromatic carbocycles. The standard InChI is InChI=1S/C18H16F3N3O3S/c1-12-10-13(8-9-16(12)27-2)15-11-17(18(19,20)21)22-24(15)23-28(25,26)14-6-4-3-5-7-14/h3-11,23H,1-2H3. The fourth-order valence-electron chi connectivity index (χ4n) is 2.60. The van der Waals surface area contributed by atoms with E-state index in [2.05, 4.69) is 9.93 Å². The molecule has 3 rings (SSSR count). The summed E-state index contributed by atoms with van der Waals surface area (Å²) in [6.45, 7) is 1.72. The van der Waals surface area contributed by atoms with Gasteiger partial charge in [-0.25, -0.2) is 0 Å². The van der Waals surface area contributed by atoms with Gasteiger partial charge in [-0.3, -0.25) is 0 Å². The lowest BCUT2D eigenvalue weighted by atomic mass is 10.1. The van der Waals surface area contributed by atoms with Gasteiger partial charge in [0.05, 0.1) is 17.7 Å². The van der Waals surface area contributed by atoms with E-state index in [9.17, 15) is 21.6 Å². The van der Waals surface area contributed by atoms with E-state index in [0.29, 0.717) is 21.7 Å². The Morgan fingerprint density at radius 1 is 1.07 bits per heavy atom. The van der Waals surface area contributed by atoms with E-state index in [1.54, 1.807) is 25.1 Å². The lowest BCUT2D eigenvalue weighted by Crippen LogP contribution is -2.25. The molecule has 0 amide bonds. The van der Waals surface area contributed by atoms with Crippen LogP contribution in [0.5, 0.6) is 5.75 Å². The van der Waals surface area contributed by atoms with Crippen LogP contribution in [0.1, 0.15) is 11.3 Å². The lowest BCUT2D eigenvalue weighted by Gasteiger charge is -2.12. The number of sulfonamides is 1. The van der Waals surface area contributed by atoms with E-state index < -0.39 is 21.9 Å². The van der Waals surface area contributed by atoms with Crippen molar-refractivity contribution in [2.24, 2.45) is 0 Å². The first-order valence-electron chi connectivity index (χ1n) is 8.02. The van der Waals surface area contributed by atoms with Crippen LogP contribution in [-0.2, 0) is 16.2 Å². The highest BCUT2D eigenvalue weighted by atomic mass is 32.2. The third-order valence-corrected chi connectivity index (χ3v) is 5.26. The van der Waals surface area contributed by atoms with Gasteiger partial charge in [0, 0.05) is 5.56 Å². The number of aryl methyl sites for hydroxylation is 1. The Hall–Kier alpha value is -3.01. The van der Waals surface area contributed by atoms with Gasteiger partial charge in [0.25, 0.3) is 10.0 Å². The summed E-state index contributed by atoms with van der Waals surface area (Å²) in [5.74, 6) is 0.552. The molecule has 0 radical (unpaired) electrons. The number of benzene rings is 2. The van der Waals surface area contributed by atoms with E-state index in [0.717, 1.165) is 6.07 Å². The zero-order chi connectivity index (χ0) is 20.5. The first-order valence-corrected chi connectivity index (χ1v) is 9.50. The number of rotatable bonds is 5. The number of alkyl halides is 3. The third kappa shape index (κ3) is 3.96. The van der Waals surface area contributed by atoms with Crippen molar-refractivity contribution in [2.45, 2.75) is 18.0 Å². The van der Waals surface area contributed by atoms with Crippen LogP contribution in [0, 0.1) is 6.92 Å². The summed E-state index contributed by atoms with van der Waals surface area (Å²) in [7, 11) is -2.67. The molecule has 1 N–H and O–H groups in total. The number of ether oxygens (including phenoxy) is 1. The van der Waals surface area contributed by atoms with Gasteiger partial charge in [0.1, 0.15) is 5.75 Å². The van der Waals surface area contributed by atoms with E-state index >= 15 is 0 Å². The van der Waals surface area contributed by atoms with Gasteiger partial charge < -0.3 is 4.74 Å². The van der Waals surface area contributed by atoms with E-state index in [1.807, 2.05) is 0 Å². The molecule has 0 saturated carbocycles. The summed E-state index contributed by atoms with van der Waals surface area (Å²) >= 11 is 0. The molecule has 28 heavy (non-hydrogen) atoms. The number of halogens is 3. The number of hydrogen-bond donors (Lipinski definition) is 1. The van der Waals surface area contributed by atoms with Crippen LogP contribution in [0.4, 0.5) is 13.2 Å². The molecule has 0 fully saturated rings. The van der Waals surface area contributed by atoms with Crippen LogP contribution < -0.4 is 9.57 Å². The van der Waals surface area contributed by atoms with Crippen LogP contribution in [0.15, 0.2) is 59.5 Å². The molecular formula is C18H16F3N3O3S. The molecule has 10 heteroatoms. The lowest BCUT2D eigenvalue weighted by molar-refractivity contribution is -0.141. The Morgan fingerprint density at radius 3 is 2.32 bits per heavy atom. The maximum Gasteiger partial charge on any atom is 0.435 e. The molecule has 0 aliphatic heterocycles. The zero-order valence-electron chi connectivity index (χ0n) is 14.9. The minimum Gasteiger partial charge on any atom is -0.496 e. The maximum absolute atomic E-state index is 13.2. The predicted octanol–water partition coefficient (Wildman–Crippen LogP) is 3.82. The Bertz CT molecular complexity index is 1090. The monoisotopic (exact) mass is 411 g/mol. The highest BCUT2D eigenvalue weighted by molar-refractivity contribution is 7.92. The van der Waals surface area contributed by atoms with Crippen LogP contribution in [0.2, 0.25) is 0 Å². The minimum atomic E-state index is -4.74. The fourth-order valence-corrected chi connectivity index (χ4v) is 3.59. The Kier molecular flexibility index (Phi) is 5.07. The van der Waals surface area contributed by atoms with Gasteiger partial charge in [0.2, 0.25) is 0 Å². The van der Waals surface area contributed by atoms with Gasteiger partial charge in [-0.05, 0) is 48.9 Å². The Labute approximate surface area is 159 Å². The average molecular weight is 411 g/mol. The van der Waals surface area contributed by atoms with Crippen LogP contribution in [0.3, 0.4) is 0 Å². The Balaban J connectivity index is 2.10. The van der Waals surface area contributed by atoms with Crippen LogP contribution >= 0.6 is 0 Å². The molecular weight excluding hydrogens is 395 g/mol.